The lowest BCUT2D eigenvalue weighted by Gasteiger charge is -2.01. The first-order valence-corrected chi connectivity index (χ1v) is 4.92. The number of halogens is 3. The minimum absolute atomic E-state index is 0.233. The molecule has 0 spiro atoms. The van der Waals surface area contributed by atoms with Crippen molar-refractivity contribution in [3.05, 3.63) is 28.8 Å². The van der Waals surface area contributed by atoms with Gasteiger partial charge in [-0.15, -0.1) is 0 Å². The van der Waals surface area contributed by atoms with Crippen LogP contribution < -0.4 is 5.14 Å². The van der Waals surface area contributed by atoms with Crippen molar-refractivity contribution in [2.75, 3.05) is 0 Å². The lowest BCUT2D eigenvalue weighted by Crippen LogP contribution is -2.14. The summed E-state index contributed by atoms with van der Waals surface area (Å²) in [5.41, 5.74) is 0. The molecule has 0 atom stereocenters. The van der Waals surface area contributed by atoms with E-state index in [-0.39, 0.29) is 5.02 Å². The predicted molar refractivity (Wildman–Crippen MR) is 42.7 cm³/mol. The highest BCUT2D eigenvalue weighted by atomic mass is 35.5. The Balaban J connectivity index is 3.56. The number of hydrogen-bond donors (Lipinski definition) is 1. The molecule has 0 saturated carbocycles. The molecule has 72 valence electrons. The van der Waals surface area contributed by atoms with Crippen LogP contribution in [0.3, 0.4) is 0 Å². The summed E-state index contributed by atoms with van der Waals surface area (Å²) in [6, 6.07) is 1.40. The Morgan fingerprint density at radius 3 is 2.31 bits per heavy atom. The maximum Gasteiger partial charge on any atom is 0.241 e. The third-order valence-electron chi connectivity index (χ3n) is 1.27. The lowest BCUT2D eigenvalue weighted by atomic mass is 10.3. The normalized spacial score (nSPS) is 11.7. The van der Waals surface area contributed by atoms with E-state index in [2.05, 4.69) is 5.14 Å². The van der Waals surface area contributed by atoms with Crippen molar-refractivity contribution in [2.24, 2.45) is 5.14 Å². The average Bonchev–Trinajstić information content (AvgIpc) is 1.94. The van der Waals surface area contributed by atoms with Gasteiger partial charge in [0.15, 0.2) is 11.6 Å². The van der Waals surface area contributed by atoms with Gasteiger partial charge in [-0.05, 0) is 12.1 Å². The standard InChI is InChI=1S/C6H4ClF2NO2S/c7-3-1-4(8)6(9)5(2-3)13(10,11)12/h1-2H,(H2,10,11,12). The zero-order chi connectivity index (χ0) is 10.2. The van der Waals surface area contributed by atoms with Gasteiger partial charge in [0.1, 0.15) is 4.90 Å². The molecule has 1 rings (SSSR count). The first-order valence-electron chi connectivity index (χ1n) is 2.99. The van der Waals surface area contributed by atoms with Crippen LogP contribution in [-0.4, -0.2) is 8.42 Å². The second-order valence-electron chi connectivity index (χ2n) is 2.24. The summed E-state index contributed by atoms with van der Waals surface area (Å²) in [4.78, 5) is -0.947. The molecular weight excluding hydrogens is 224 g/mol. The van der Waals surface area contributed by atoms with E-state index < -0.39 is 26.6 Å². The molecule has 0 amide bonds. The summed E-state index contributed by atoms with van der Waals surface area (Å²) >= 11 is 5.30. The molecule has 0 aromatic heterocycles. The summed E-state index contributed by atoms with van der Waals surface area (Å²) < 4.78 is 46.7. The van der Waals surface area contributed by atoms with E-state index >= 15 is 0 Å². The molecule has 7 heteroatoms. The number of primary sulfonamides is 1. The van der Waals surface area contributed by atoms with Crippen LogP contribution in [-0.2, 0) is 10.0 Å². The SMILES string of the molecule is NS(=O)(=O)c1cc(Cl)cc(F)c1F. The van der Waals surface area contributed by atoms with Gasteiger partial charge in [-0.25, -0.2) is 22.3 Å². The molecule has 0 aliphatic carbocycles. The zero-order valence-corrected chi connectivity index (χ0v) is 7.66. The average molecular weight is 228 g/mol. The molecule has 0 aliphatic heterocycles. The first-order chi connectivity index (χ1) is 5.82. The quantitative estimate of drug-likeness (QED) is 0.735. The smallest absolute Gasteiger partial charge is 0.225 e. The van der Waals surface area contributed by atoms with E-state index in [1.165, 1.54) is 0 Å². The van der Waals surface area contributed by atoms with E-state index in [1.54, 1.807) is 0 Å². The van der Waals surface area contributed by atoms with Crippen molar-refractivity contribution in [3.63, 3.8) is 0 Å². The largest absolute Gasteiger partial charge is 0.241 e. The molecule has 1 aromatic rings. The Labute approximate surface area is 78.2 Å². The van der Waals surface area contributed by atoms with Crippen molar-refractivity contribution in [1.29, 1.82) is 0 Å². The highest BCUT2D eigenvalue weighted by Gasteiger charge is 2.18. The Morgan fingerprint density at radius 1 is 1.31 bits per heavy atom. The molecule has 1 aromatic carbocycles. The van der Waals surface area contributed by atoms with Crippen LogP contribution >= 0.6 is 11.6 Å². The van der Waals surface area contributed by atoms with Crippen LogP contribution in [0.25, 0.3) is 0 Å². The van der Waals surface area contributed by atoms with Gasteiger partial charge in [0, 0.05) is 5.02 Å². The summed E-state index contributed by atoms with van der Waals surface area (Å²) in [5, 5.41) is 4.37. The fourth-order valence-electron chi connectivity index (χ4n) is 0.739. The molecule has 0 unspecified atom stereocenters. The number of sulfonamides is 1. The number of nitrogens with two attached hydrogens (primary N) is 1. The summed E-state index contributed by atoms with van der Waals surface area (Å²) in [5.74, 6) is -2.87. The van der Waals surface area contributed by atoms with Crippen molar-refractivity contribution < 1.29 is 17.2 Å². The van der Waals surface area contributed by atoms with E-state index in [0.29, 0.717) is 6.07 Å². The third-order valence-corrected chi connectivity index (χ3v) is 2.39. The van der Waals surface area contributed by atoms with Gasteiger partial charge in [-0.2, -0.15) is 0 Å². The summed E-state index contributed by atoms with van der Waals surface area (Å²) in [7, 11) is -4.28. The van der Waals surface area contributed by atoms with E-state index in [0.717, 1.165) is 6.07 Å². The monoisotopic (exact) mass is 227 g/mol. The molecule has 0 saturated heterocycles. The van der Waals surface area contributed by atoms with Crippen molar-refractivity contribution >= 4 is 21.6 Å². The van der Waals surface area contributed by atoms with Crippen LogP contribution in [0, 0.1) is 11.6 Å². The van der Waals surface area contributed by atoms with Crippen LogP contribution in [0.4, 0.5) is 8.78 Å². The Kier molecular flexibility index (Phi) is 2.56. The fraction of sp³-hybridized carbons (Fsp3) is 0. The highest BCUT2D eigenvalue weighted by molar-refractivity contribution is 7.89. The number of benzene rings is 1. The Hall–Kier alpha value is -0.720. The zero-order valence-electron chi connectivity index (χ0n) is 6.09. The molecule has 0 heterocycles. The summed E-state index contributed by atoms with van der Waals surface area (Å²) in [6.07, 6.45) is 0. The van der Waals surface area contributed by atoms with Crippen molar-refractivity contribution in [2.45, 2.75) is 4.90 Å². The molecule has 3 nitrogen and oxygen atoms in total. The van der Waals surface area contributed by atoms with Gasteiger partial charge in [0.05, 0.1) is 0 Å². The van der Waals surface area contributed by atoms with Crippen LogP contribution in [0.1, 0.15) is 0 Å². The topological polar surface area (TPSA) is 60.2 Å². The second kappa shape index (κ2) is 3.21. The van der Waals surface area contributed by atoms with Crippen molar-refractivity contribution in [3.8, 4) is 0 Å². The van der Waals surface area contributed by atoms with Crippen LogP contribution in [0.5, 0.6) is 0 Å². The minimum Gasteiger partial charge on any atom is -0.225 e. The van der Waals surface area contributed by atoms with E-state index in [1.807, 2.05) is 0 Å². The lowest BCUT2D eigenvalue weighted by molar-refractivity contribution is 0.485. The van der Waals surface area contributed by atoms with Crippen LogP contribution in [0.15, 0.2) is 17.0 Å². The summed E-state index contributed by atoms with van der Waals surface area (Å²) in [6.45, 7) is 0. The van der Waals surface area contributed by atoms with E-state index in [4.69, 9.17) is 11.6 Å². The first kappa shape index (κ1) is 10.4. The Bertz CT molecular complexity index is 446. The number of hydrogen-bond acceptors (Lipinski definition) is 2. The van der Waals surface area contributed by atoms with E-state index in [9.17, 15) is 17.2 Å². The molecule has 2 N–H and O–H groups in total. The molecule has 0 aliphatic rings. The fourth-order valence-corrected chi connectivity index (χ4v) is 1.65. The number of rotatable bonds is 1. The van der Waals surface area contributed by atoms with Crippen molar-refractivity contribution in [1.82, 2.24) is 0 Å². The van der Waals surface area contributed by atoms with Gasteiger partial charge in [0.25, 0.3) is 0 Å². The van der Waals surface area contributed by atoms with Gasteiger partial charge < -0.3 is 0 Å². The van der Waals surface area contributed by atoms with Gasteiger partial charge in [-0.1, -0.05) is 11.6 Å². The molecular formula is C6H4ClF2NO2S. The van der Waals surface area contributed by atoms with Crippen LogP contribution in [0.2, 0.25) is 5.02 Å². The minimum atomic E-state index is -4.28. The molecule has 0 fully saturated rings. The predicted octanol–water partition coefficient (Wildman–Crippen LogP) is 1.27. The maximum atomic E-state index is 12.8. The highest BCUT2D eigenvalue weighted by Crippen LogP contribution is 2.21. The Morgan fingerprint density at radius 2 is 1.85 bits per heavy atom. The van der Waals surface area contributed by atoms with Gasteiger partial charge in [0.2, 0.25) is 10.0 Å². The second-order valence-corrected chi connectivity index (χ2v) is 4.21. The molecule has 0 bridgehead atoms. The maximum absolute atomic E-state index is 12.8. The molecule has 13 heavy (non-hydrogen) atoms. The molecule has 0 radical (unpaired) electrons. The van der Waals surface area contributed by atoms with Gasteiger partial charge >= 0.3 is 0 Å². The third kappa shape index (κ3) is 2.15. The van der Waals surface area contributed by atoms with Gasteiger partial charge in [-0.3, -0.25) is 0 Å².